The number of halogens is 4. The molecule has 1 heterocycles. The van der Waals surface area contributed by atoms with Gasteiger partial charge in [-0.3, -0.25) is 9.69 Å². The summed E-state index contributed by atoms with van der Waals surface area (Å²) in [6.45, 7) is 3.28. The van der Waals surface area contributed by atoms with Crippen LogP contribution in [0.5, 0.6) is 0 Å². The number of piperidine rings is 1. The number of likely N-dealkylation sites (N-methyl/N-ethyl adjacent to an activating group) is 1. The molecule has 0 saturated carbocycles. The summed E-state index contributed by atoms with van der Waals surface area (Å²) in [5, 5.41) is 1.21. The zero-order chi connectivity index (χ0) is 26.8. The van der Waals surface area contributed by atoms with Crippen LogP contribution in [-0.2, 0) is 26.6 Å². The molecular formula is C25H31Cl4N3O3S. The van der Waals surface area contributed by atoms with E-state index in [4.69, 9.17) is 52.1 Å². The molecule has 2 N–H and O–H groups in total. The Morgan fingerprint density at radius 3 is 2.25 bits per heavy atom. The van der Waals surface area contributed by atoms with Crippen molar-refractivity contribution in [3.8, 4) is 0 Å². The van der Waals surface area contributed by atoms with E-state index in [1.54, 1.807) is 36.2 Å². The van der Waals surface area contributed by atoms with Crippen LogP contribution in [0.2, 0.25) is 20.1 Å². The topological polar surface area (TPSA) is 83.7 Å². The molecule has 1 fully saturated rings. The SMILES string of the molecule is CN(Cc1ccc(Cl)c(Cl)c1)C(=O)C(C)(CCN1CCC(S(C)(=O)=O)CC1N)c1ccc(Cl)c(Cl)c1. The van der Waals surface area contributed by atoms with Gasteiger partial charge in [-0.1, -0.05) is 58.5 Å². The number of carbonyl (C=O) groups excluding carboxylic acids is 1. The van der Waals surface area contributed by atoms with E-state index in [1.807, 2.05) is 24.0 Å². The molecule has 36 heavy (non-hydrogen) atoms. The van der Waals surface area contributed by atoms with Gasteiger partial charge >= 0.3 is 0 Å². The van der Waals surface area contributed by atoms with Crippen molar-refractivity contribution >= 4 is 62.1 Å². The van der Waals surface area contributed by atoms with Crippen LogP contribution in [-0.4, -0.2) is 61.9 Å². The predicted molar refractivity (Wildman–Crippen MR) is 149 cm³/mol. The fourth-order valence-electron chi connectivity index (χ4n) is 4.66. The first-order valence-corrected chi connectivity index (χ1v) is 15.0. The minimum Gasteiger partial charge on any atom is -0.341 e. The number of benzene rings is 2. The predicted octanol–water partition coefficient (Wildman–Crippen LogP) is 5.40. The van der Waals surface area contributed by atoms with E-state index in [2.05, 4.69) is 0 Å². The molecule has 0 bridgehead atoms. The molecule has 11 heteroatoms. The van der Waals surface area contributed by atoms with Gasteiger partial charge in [0.2, 0.25) is 5.91 Å². The van der Waals surface area contributed by atoms with E-state index in [1.165, 1.54) is 6.26 Å². The van der Waals surface area contributed by atoms with E-state index >= 15 is 0 Å². The van der Waals surface area contributed by atoms with Gasteiger partial charge in [-0.25, -0.2) is 8.42 Å². The van der Waals surface area contributed by atoms with Gasteiger partial charge < -0.3 is 10.6 Å². The van der Waals surface area contributed by atoms with Crippen molar-refractivity contribution in [1.29, 1.82) is 0 Å². The molecule has 0 radical (unpaired) electrons. The van der Waals surface area contributed by atoms with Gasteiger partial charge in [0.1, 0.15) is 9.84 Å². The van der Waals surface area contributed by atoms with Gasteiger partial charge in [-0.15, -0.1) is 0 Å². The fourth-order valence-corrected chi connectivity index (χ4v) is 6.36. The molecule has 1 amide bonds. The fraction of sp³-hybridized carbons (Fsp3) is 0.480. The summed E-state index contributed by atoms with van der Waals surface area (Å²) in [7, 11) is -1.41. The highest BCUT2D eigenvalue weighted by molar-refractivity contribution is 7.91. The summed E-state index contributed by atoms with van der Waals surface area (Å²) in [6.07, 6.45) is 2.19. The molecule has 198 valence electrons. The van der Waals surface area contributed by atoms with Crippen molar-refractivity contribution < 1.29 is 13.2 Å². The standard InChI is InChI=1S/C25H31Cl4N3O3S/c1-25(17-5-7-20(27)22(29)13-17,9-11-32-10-8-18(14-23(32)30)36(3,34)35)24(33)31(2)15-16-4-6-19(26)21(28)12-16/h4-7,12-13,18,23H,8-11,14-15,30H2,1-3H3. The maximum absolute atomic E-state index is 13.9. The Morgan fingerprint density at radius 1 is 1.08 bits per heavy atom. The number of nitrogens with two attached hydrogens (primary N) is 1. The number of amides is 1. The number of sulfone groups is 1. The van der Waals surface area contributed by atoms with Crippen LogP contribution in [0.4, 0.5) is 0 Å². The van der Waals surface area contributed by atoms with Crippen molar-refractivity contribution in [3.63, 3.8) is 0 Å². The molecular weight excluding hydrogens is 564 g/mol. The van der Waals surface area contributed by atoms with Crippen molar-refractivity contribution in [3.05, 3.63) is 67.6 Å². The lowest BCUT2D eigenvalue weighted by molar-refractivity contribution is -0.136. The second-order valence-electron chi connectivity index (χ2n) is 9.70. The molecule has 0 aromatic heterocycles. The number of nitrogens with zero attached hydrogens (tertiary/aromatic N) is 2. The van der Waals surface area contributed by atoms with Crippen LogP contribution < -0.4 is 5.73 Å². The van der Waals surface area contributed by atoms with Crippen LogP contribution in [0, 0.1) is 0 Å². The Balaban J connectivity index is 1.84. The van der Waals surface area contributed by atoms with Crippen molar-refractivity contribution in [2.75, 3.05) is 26.4 Å². The molecule has 1 aliphatic rings. The van der Waals surface area contributed by atoms with Gasteiger partial charge in [0, 0.05) is 32.9 Å². The molecule has 0 aliphatic carbocycles. The van der Waals surface area contributed by atoms with Crippen molar-refractivity contribution in [2.45, 2.75) is 49.6 Å². The van der Waals surface area contributed by atoms with Crippen LogP contribution in [0.25, 0.3) is 0 Å². The first kappa shape index (κ1) is 29.5. The van der Waals surface area contributed by atoms with E-state index in [-0.39, 0.29) is 5.91 Å². The molecule has 3 unspecified atom stereocenters. The summed E-state index contributed by atoms with van der Waals surface area (Å²) in [5.74, 6) is -0.105. The van der Waals surface area contributed by atoms with E-state index in [0.29, 0.717) is 59.0 Å². The Morgan fingerprint density at radius 2 is 1.69 bits per heavy atom. The van der Waals surface area contributed by atoms with Crippen LogP contribution in [0.1, 0.15) is 37.3 Å². The molecule has 6 nitrogen and oxygen atoms in total. The van der Waals surface area contributed by atoms with E-state index in [0.717, 1.165) is 11.1 Å². The molecule has 1 saturated heterocycles. The van der Waals surface area contributed by atoms with Gasteiger partial charge in [-0.05, 0) is 61.6 Å². The average Bonchev–Trinajstić information content (AvgIpc) is 2.81. The summed E-state index contributed by atoms with van der Waals surface area (Å²) in [5.41, 5.74) is 7.00. The molecule has 2 aromatic rings. The number of hydrogen-bond donors (Lipinski definition) is 1. The quantitative estimate of drug-likeness (QED) is 0.442. The highest BCUT2D eigenvalue weighted by atomic mass is 35.5. The monoisotopic (exact) mass is 593 g/mol. The second kappa shape index (κ2) is 11.8. The zero-order valence-corrected chi connectivity index (χ0v) is 24.3. The third-order valence-corrected chi connectivity index (χ3v) is 10.1. The molecule has 3 rings (SSSR count). The maximum atomic E-state index is 13.9. The largest absolute Gasteiger partial charge is 0.341 e. The summed E-state index contributed by atoms with van der Waals surface area (Å²) >= 11 is 24.7. The van der Waals surface area contributed by atoms with Crippen LogP contribution in [0.15, 0.2) is 36.4 Å². The smallest absolute Gasteiger partial charge is 0.233 e. The normalized spacial score (nSPS) is 20.7. The minimum atomic E-state index is -3.15. The zero-order valence-electron chi connectivity index (χ0n) is 20.5. The minimum absolute atomic E-state index is 0.105. The maximum Gasteiger partial charge on any atom is 0.233 e. The molecule has 1 aliphatic heterocycles. The third-order valence-electron chi connectivity index (χ3n) is 7.00. The van der Waals surface area contributed by atoms with Gasteiger partial charge in [-0.2, -0.15) is 0 Å². The number of hydrogen-bond acceptors (Lipinski definition) is 5. The number of rotatable bonds is 8. The number of carbonyl (C=O) groups is 1. The summed E-state index contributed by atoms with van der Waals surface area (Å²) in [6, 6.07) is 10.5. The summed E-state index contributed by atoms with van der Waals surface area (Å²) in [4.78, 5) is 17.6. The Bertz CT molecular complexity index is 1230. The average molecular weight is 595 g/mol. The lowest BCUT2D eigenvalue weighted by Gasteiger charge is -2.40. The Kier molecular flexibility index (Phi) is 9.64. The van der Waals surface area contributed by atoms with Crippen molar-refractivity contribution in [1.82, 2.24) is 9.80 Å². The summed E-state index contributed by atoms with van der Waals surface area (Å²) < 4.78 is 24.0. The molecule has 0 spiro atoms. The lowest BCUT2D eigenvalue weighted by Crippen LogP contribution is -2.53. The van der Waals surface area contributed by atoms with E-state index in [9.17, 15) is 13.2 Å². The third kappa shape index (κ3) is 6.87. The highest BCUT2D eigenvalue weighted by Crippen LogP contribution is 2.35. The lowest BCUT2D eigenvalue weighted by atomic mass is 9.77. The van der Waals surface area contributed by atoms with Gasteiger partial charge in [0.05, 0.1) is 36.9 Å². The Labute approximate surface area is 233 Å². The van der Waals surface area contributed by atoms with Gasteiger partial charge in [0.25, 0.3) is 0 Å². The van der Waals surface area contributed by atoms with Crippen molar-refractivity contribution in [2.24, 2.45) is 5.73 Å². The molecule has 2 aromatic carbocycles. The van der Waals surface area contributed by atoms with E-state index < -0.39 is 26.7 Å². The first-order valence-electron chi connectivity index (χ1n) is 11.6. The van der Waals surface area contributed by atoms with Crippen LogP contribution >= 0.6 is 46.4 Å². The number of likely N-dealkylation sites (tertiary alicyclic amines) is 1. The van der Waals surface area contributed by atoms with Gasteiger partial charge in [0.15, 0.2) is 0 Å². The second-order valence-corrected chi connectivity index (χ2v) is 13.7. The first-order chi connectivity index (χ1) is 16.7. The highest BCUT2D eigenvalue weighted by Gasteiger charge is 2.39. The molecule has 3 atom stereocenters. The van der Waals surface area contributed by atoms with Crippen LogP contribution in [0.3, 0.4) is 0 Å². The Hall–Kier alpha value is -1.06.